The Morgan fingerprint density at radius 2 is 1.59 bits per heavy atom. The average molecular weight is 493 g/mol. The highest BCUT2D eigenvalue weighted by Crippen LogP contribution is 2.37. The van der Waals surface area contributed by atoms with Crippen LogP contribution in [0, 0.1) is 5.92 Å². The van der Waals surface area contributed by atoms with Crippen LogP contribution in [-0.2, 0) is 21.2 Å². The second-order valence-corrected chi connectivity index (χ2v) is 10.8. The van der Waals surface area contributed by atoms with Gasteiger partial charge in [-0.3, -0.25) is 9.69 Å². The van der Waals surface area contributed by atoms with Crippen molar-refractivity contribution in [3.63, 3.8) is 0 Å². The van der Waals surface area contributed by atoms with Crippen LogP contribution in [-0.4, -0.2) is 54.0 Å². The highest BCUT2D eigenvalue weighted by Gasteiger charge is 2.53. The Kier molecular flexibility index (Phi) is 10.5. The van der Waals surface area contributed by atoms with Crippen molar-refractivity contribution in [1.29, 1.82) is 0 Å². The first-order valence-corrected chi connectivity index (χ1v) is 13.0. The van der Waals surface area contributed by atoms with Gasteiger partial charge in [0.15, 0.2) is 14.6 Å². The summed E-state index contributed by atoms with van der Waals surface area (Å²) in [5, 5.41) is 16.5. The van der Waals surface area contributed by atoms with Crippen LogP contribution in [0.1, 0.15) is 45.1 Å². The van der Waals surface area contributed by atoms with Crippen LogP contribution >= 0.6 is 0 Å². The van der Waals surface area contributed by atoms with E-state index in [4.69, 9.17) is 9.94 Å². The number of rotatable bonds is 10. The molecule has 1 saturated heterocycles. The van der Waals surface area contributed by atoms with Gasteiger partial charge >= 0.3 is 5.97 Å². The van der Waals surface area contributed by atoms with E-state index >= 15 is 0 Å². The van der Waals surface area contributed by atoms with Crippen molar-refractivity contribution in [3.8, 4) is 5.75 Å². The first kappa shape index (κ1) is 27.8. The van der Waals surface area contributed by atoms with Crippen LogP contribution in [0.4, 0.5) is 0 Å². The summed E-state index contributed by atoms with van der Waals surface area (Å²) in [6.45, 7) is 6.32. The Balaban J connectivity index is 0.00000199. The van der Waals surface area contributed by atoms with Crippen LogP contribution < -0.4 is 10.6 Å². The maximum Gasteiger partial charge on any atom is 0.325 e. The van der Waals surface area contributed by atoms with Crippen molar-refractivity contribution >= 4 is 15.8 Å². The molecule has 2 aromatic rings. The van der Waals surface area contributed by atoms with E-state index in [1.54, 1.807) is 12.1 Å². The number of nitrogens with two attached hydrogens (primary N) is 1. The maximum atomic E-state index is 13.4. The Morgan fingerprint density at radius 1 is 1.03 bits per heavy atom. The third kappa shape index (κ3) is 6.35. The molecule has 2 aromatic carbocycles. The van der Waals surface area contributed by atoms with Gasteiger partial charge in [-0.15, -0.1) is 0 Å². The normalized spacial score (nSPS) is 15.9. The van der Waals surface area contributed by atoms with Crippen LogP contribution in [0.25, 0.3) is 0 Å². The molecule has 0 radical (unpaired) electrons. The zero-order valence-electron chi connectivity index (χ0n) is 19.9. The van der Waals surface area contributed by atoms with Gasteiger partial charge in [0.05, 0.1) is 11.5 Å². The Hall–Kier alpha value is -2.46. The molecule has 8 nitrogen and oxygen atoms in total. The molecule has 34 heavy (non-hydrogen) atoms. The molecule has 1 heterocycles. The standard InChI is InChI=1S/C25H33NO5S.H3NO/c1-3-20(4-2)19-31-22-10-12-23(13-11-22)32(29,30)25(24(27)28)14-16-26(17-15-25)18-21-8-6-5-7-9-21;1-2/h5-13,20H,3-4,14-19H2,1-2H3,(H,27,28);2H,1H2. The molecule has 0 unspecified atom stereocenters. The number of aliphatic carboxylic acids is 1. The van der Waals surface area contributed by atoms with Crippen molar-refractivity contribution in [3.05, 3.63) is 60.2 Å². The number of likely N-dealkylation sites (tertiary alicyclic amines) is 1. The summed E-state index contributed by atoms with van der Waals surface area (Å²) in [6.07, 6.45) is 2.16. The highest BCUT2D eigenvalue weighted by atomic mass is 32.2. The summed E-state index contributed by atoms with van der Waals surface area (Å²) in [6, 6.07) is 16.1. The van der Waals surface area contributed by atoms with Crippen molar-refractivity contribution in [2.24, 2.45) is 11.8 Å². The van der Waals surface area contributed by atoms with Gasteiger partial charge in [0.25, 0.3) is 0 Å². The van der Waals surface area contributed by atoms with Crippen molar-refractivity contribution < 1.29 is 28.3 Å². The van der Waals surface area contributed by atoms with Gasteiger partial charge in [-0.2, -0.15) is 0 Å². The third-order valence-electron chi connectivity index (χ3n) is 6.59. The fourth-order valence-corrected chi connectivity index (χ4v) is 6.09. The van der Waals surface area contributed by atoms with Crippen LogP contribution in [0.3, 0.4) is 0 Å². The topological polar surface area (TPSA) is 130 Å². The van der Waals surface area contributed by atoms with E-state index in [-0.39, 0.29) is 17.7 Å². The molecule has 0 bridgehead atoms. The maximum absolute atomic E-state index is 13.4. The number of carboxylic acids is 1. The lowest BCUT2D eigenvalue weighted by Gasteiger charge is -2.38. The van der Waals surface area contributed by atoms with Gasteiger partial charge < -0.3 is 15.1 Å². The molecule has 0 aliphatic carbocycles. The van der Waals surface area contributed by atoms with Crippen LogP contribution in [0.15, 0.2) is 59.5 Å². The van der Waals surface area contributed by atoms with E-state index in [0.717, 1.165) is 18.4 Å². The number of nitrogens with zero attached hydrogens (tertiary/aromatic N) is 1. The summed E-state index contributed by atoms with van der Waals surface area (Å²) in [5.41, 5.74) is 1.13. The summed E-state index contributed by atoms with van der Waals surface area (Å²) in [7, 11) is -4.06. The number of benzene rings is 2. The minimum absolute atomic E-state index is 0.0336. The summed E-state index contributed by atoms with van der Waals surface area (Å²) < 4.78 is 30.9. The molecule has 0 aromatic heterocycles. The van der Waals surface area contributed by atoms with Gasteiger partial charge in [-0.05, 0) is 48.6 Å². The molecule has 4 N–H and O–H groups in total. The van der Waals surface area contributed by atoms with Crippen molar-refractivity contribution in [2.75, 3.05) is 19.7 Å². The zero-order valence-corrected chi connectivity index (χ0v) is 20.7. The number of carbonyl (C=O) groups is 1. The predicted molar refractivity (Wildman–Crippen MR) is 130 cm³/mol. The van der Waals surface area contributed by atoms with Crippen molar-refractivity contribution in [1.82, 2.24) is 4.90 Å². The summed E-state index contributed by atoms with van der Waals surface area (Å²) in [5.74, 6) is 3.28. The minimum atomic E-state index is -4.06. The number of ether oxygens (including phenoxy) is 1. The minimum Gasteiger partial charge on any atom is -0.493 e. The lowest BCUT2D eigenvalue weighted by molar-refractivity contribution is -0.141. The van der Waals surface area contributed by atoms with E-state index in [9.17, 15) is 18.3 Å². The number of sulfone groups is 1. The molecule has 1 aliphatic rings. The second kappa shape index (κ2) is 12.9. The first-order valence-electron chi connectivity index (χ1n) is 11.6. The Morgan fingerprint density at radius 3 is 2.09 bits per heavy atom. The Labute approximate surface area is 202 Å². The largest absolute Gasteiger partial charge is 0.493 e. The number of carboxylic acid groups (broad SMARTS) is 1. The SMILES string of the molecule is CCC(CC)COc1ccc(S(=O)(=O)C2(C(=O)O)CCN(Cc3ccccc3)CC2)cc1.NO. The first-order chi connectivity index (χ1) is 16.3. The average Bonchev–Trinajstić information content (AvgIpc) is 2.87. The van der Waals surface area contributed by atoms with E-state index in [1.807, 2.05) is 30.3 Å². The summed E-state index contributed by atoms with van der Waals surface area (Å²) in [4.78, 5) is 14.4. The number of hydrogen-bond acceptors (Lipinski definition) is 7. The molecule has 3 rings (SSSR count). The van der Waals surface area contributed by atoms with Gasteiger partial charge in [0, 0.05) is 19.6 Å². The second-order valence-electron chi connectivity index (χ2n) is 8.53. The van der Waals surface area contributed by atoms with Gasteiger partial charge in [-0.25, -0.2) is 14.3 Å². The van der Waals surface area contributed by atoms with Crippen molar-refractivity contribution in [2.45, 2.75) is 55.7 Å². The predicted octanol–water partition coefficient (Wildman–Crippen LogP) is 3.73. The van der Waals surface area contributed by atoms with E-state index in [2.05, 4.69) is 24.6 Å². The lowest BCUT2D eigenvalue weighted by Crippen LogP contribution is -2.54. The molecular formula is C25H36N2O6S. The number of piperidine rings is 1. The molecule has 1 aliphatic heterocycles. The number of hydrogen-bond donors (Lipinski definition) is 3. The van der Waals surface area contributed by atoms with E-state index < -0.39 is 20.6 Å². The monoisotopic (exact) mass is 492 g/mol. The fourth-order valence-electron chi connectivity index (χ4n) is 4.19. The zero-order chi connectivity index (χ0) is 25.2. The molecule has 0 spiro atoms. The molecule has 1 fully saturated rings. The van der Waals surface area contributed by atoms with Gasteiger partial charge in [-0.1, -0.05) is 57.0 Å². The molecule has 9 heteroatoms. The highest BCUT2D eigenvalue weighted by molar-refractivity contribution is 7.93. The summed E-state index contributed by atoms with van der Waals surface area (Å²) >= 11 is 0. The van der Waals surface area contributed by atoms with E-state index in [1.165, 1.54) is 12.1 Å². The molecule has 0 amide bonds. The molecule has 0 atom stereocenters. The quantitative estimate of drug-likeness (QED) is 0.428. The van der Waals surface area contributed by atoms with Gasteiger partial charge in [0.2, 0.25) is 0 Å². The molecule has 188 valence electrons. The van der Waals surface area contributed by atoms with Crippen LogP contribution in [0.2, 0.25) is 0 Å². The molecule has 0 saturated carbocycles. The molecular weight excluding hydrogens is 456 g/mol. The van der Waals surface area contributed by atoms with Crippen LogP contribution in [0.5, 0.6) is 5.75 Å². The lowest BCUT2D eigenvalue weighted by atomic mass is 9.95. The van der Waals surface area contributed by atoms with Gasteiger partial charge in [0.1, 0.15) is 5.75 Å². The van der Waals surface area contributed by atoms with E-state index in [0.29, 0.717) is 37.9 Å². The fraction of sp³-hybridized carbons (Fsp3) is 0.480. The Bertz CT molecular complexity index is 984. The smallest absolute Gasteiger partial charge is 0.325 e. The third-order valence-corrected chi connectivity index (χ3v) is 9.10.